The van der Waals surface area contributed by atoms with Crippen LogP contribution < -0.4 is 5.32 Å². The fraction of sp³-hybridized carbons (Fsp3) is 0.308. The number of carbonyl (C=O) groups excluding carboxylic acids is 1. The van der Waals surface area contributed by atoms with Gasteiger partial charge < -0.3 is 9.88 Å². The maximum Gasteiger partial charge on any atom is 0.268 e. The molecule has 0 fully saturated rings. The normalized spacial score (nSPS) is 19.2. The highest BCUT2D eigenvalue weighted by Gasteiger charge is 2.27. The Morgan fingerprint density at radius 3 is 3.00 bits per heavy atom. The van der Waals surface area contributed by atoms with Crippen LogP contribution in [0.1, 0.15) is 29.0 Å². The van der Waals surface area contributed by atoms with E-state index in [0.29, 0.717) is 11.6 Å². The molecule has 1 aliphatic rings. The lowest BCUT2D eigenvalue weighted by molar-refractivity contribution is 0.0918. The molecule has 3 rings (SSSR count). The van der Waals surface area contributed by atoms with Gasteiger partial charge in [0.1, 0.15) is 5.69 Å². The summed E-state index contributed by atoms with van der Waals surface area (Å²) < 4.78 is 2.09. The molecule has 3 nitrogen and oxygen atoms in total. The van der Waals surface area contributed by atoms with Crippen molar-refractivity contribution >= 4 is 28.4 Å². The van der Waals surface area contributed by atoms with Crippen LogP contribution in [0, 0.1) is 6.92 Å². The van der Waals surface area contributed by atoms with Gasteiger partial charge in [-0.1, -0.05) is 17.7 Å². The second kappa shape index (κ2) is 3.50. The van der Waals surface area contributed by atoms with E-state index in [4.69, 9.17) is 11.6 Å². The van der Waals surface area contributed by atoms with Crippen LogP contribution in [0.4, 0.5) is 0 Å². The molecule has 1 atom stereocenters. The van der Waals surface area contributed by atoms with Crippen molar-refractivity contribution in [1.29, 1.82) is 0 Å². The molecule has 1 aromatic carbocycles. The number of fused-ring (bicyclic) bond motifs is 3. The molecule has 2 heterocycles. The zero-order valence-corrected chi connectivity index (χ0v) is 10.5. The van der Waals surface area contributed by atoms with Gasteiger partial charge in [0.25, 0.3) is 5.91 Å². The topological polar surface area (TPSA) is 34.0 Å². The van der Waals surface area contributed by atoms with Gasteiger partial charge in [-0.15, -0.1) is 0 Å². The molecule has 4 heteroatoms. The van der Waals surface area contributed by atoms with Crippen molar-refractivity contribution < 1.29 is 4.79 Å². The van der Waals surface area contributed by atoms with Crippen LogP contribution in [0.2, 0.25) is 5.02 Å². The Morgan fingerprint density at radius 1 is 1.47 bits per heavy atom. The molecule has 0 saturated carbocycles. The van der Waals surface area contributed by atoms with Crippen LogP contribution >= 0.6 is 11.6 Å². The summed E-state index contributed by atoms with van der Waals surface area (Å²) in [6.45, 7) is 4.75. The fourth-order valence-electron chi connectivity index (χ4n) is 2.60. The number of hydrogen-bond acceptors (Lipinski definition) is 1. The summed E-state index contributed by atoms with van der Waals surface area (Å²) in [5.74, 6) is 0.00734. The number of halogens is 1. The summed E-state index contributed by atoms with van der Waals surface area (Å²) in [7, 11) is 0. The van der Waals surface area contributed by atoms with E-state index < -0.39 is 0 Å². The highest BCUT2D eigenvalue weighted by atomic mass is 35.5. The van der Waals surface area contributed by atoms with Crippen LogP contribution in [0.25, 0.3) is 10.9 Å². The molecule has 0 radical (unpaired) electrons. The standard InChI is InChI=1S/C13H13ClN2O/c1-7-6-15-13(17)12-8(2)10-4-3-9(14)5-11(10)16(7)12/h3-5,7H,6H2,1-2H3,(H,15,17). The van der Waals surface area contributed by atoms with E-state index in [9.17, 15) is 4.79 Å². The summed E-state index contributed by atoms with van der Waals surface area (Å²) in [5, 5.41) is 4.72. The smallest absolute Gasteiger partial charge is 0.268 e. The van der Waals surface area contributed by atoms with Gasteiger partial charge in [0.05, 0.1) is 5.52 Å². The van der Waals surface area contributed by atoms with E-state index in [2.05, 4.69) is 16.8 Å². The summed E-state index contributed by atoms with van der Waals surface area (Å²) in [4.78, 5) is 11.9. The molecular formula is C13H13ClN2O. The van der Waals surface area contributed by atoms with E-state index in [0.717, 1.165) is 22.2 Å². The number of aromatic nitrogens is 1. The number of hydrogen-bond donors (Lipinski definition) is 1. The van der Waals surface area contributed by atoms with Gasteiger partial charge in [-0.25, -0.2) is 0 Å². The molecule has 1 aliphatic heterocycles. The van der Waals surface area contributed by atoms with Gasteiger partial charge in [-0.2, -0.15) is 0 Å². The average molecular weight is 249 g/mol. The minimum atomic E-state index is 0.00734. The Labute approximate surface area is 104 Å². The molecular weight excluding hydrogens is 236 g/mol. The third-order valence-electron chi connectivity index (χ3n) is 3.43. The van der Waals surface area contributed by atoms with E-state index in [1.165, 1.54) is 0 Å². The predicted molar refractivity (Wildman–Crippen MR) is 68.7 cm³/mol. The molecule has 17 heavy (non-hydrogen) atoms. The number of aryl methyl sites for hydroxylation is 1. The molecule has 1 N–H and O–H groups in total. The van der Waals surface area contributed by atoms with Crippen molar-refractivity contribution in [2.75, 3.05) is 6.54 Å². The second-order valence-electron chi connectivity index (χ2n) is 4.56. The second-order valence-corrected chi connectivity index (χ2v) is 5.00. The van der Waals surface area contributed by atoms with E-state index in [1.54, 1.807) is 0 Å². The van der Waals surface area contributed by atoms with Crippen molar-refractivity contribution in [3.63, 3.8) is 0 Å². The Kier molecular flexibility index (Phi) is 2.20. The molecule has 0 saturated heterocycles. The number of nitrogens with one attached hydrogen (secondary N) is 1. The first-order valence-electron chi connectivity index (χ1n) is 5.68. The van der Waals surface area contributed by atoms with Crippen LogP contribution in [0.15, 0.2) is 18.2 Å². The van der Waals surface area contributed by atoms with Crippen LogP contribution in [0.3, 0.4) is 0 Å². The van der Waals surface area contributed by atoms with Gasteiger partial charge in [-0.3, -0.25) is 4.79 Å². The van der Waals surface area contributed by atoms with Gasteiger partial charge in [0.15, 0.2) is 0 Å². The molecule has 1 amide bonds. The van der Waals surface area contributed by atoms with Crippen molar-refractivity contribution in [2.24, 2.45) is 0 Å². The monoisotopic (exact) mass is 248 g/mol. The van der Waals surface area contributed by atoms with Gasteiger partial charge >= 0.3 is 0 Å². The summed E-state index contributed by atoms with van der Waals surface area (Å²) in [6.07, 6.45) is 0. The minimum Gasteiger partial charge on any atom is -0.349 e. The van der Waals surface area contributed by atoms with Crippen molar-refractivity contribution in [3.05, 3.63) is 34.5 Å². The summed E-state index contributed by atoms with van der Waals surface area (Å²) in [5.41, 5.74) is 2.84. The van der Waals surface area contributed by atoms with Crippen molar-refractivity contribution in [3.8, 4) is 0 Å². The number of amides is 1. The Balaban J connectivity index is 2.45. The number of carbonyl (C=O) groups is 1. The summed E-state index contributed by atoms with van der Waals surface area (Å²) >= 11 is 6.04. The zero-order valence-electron chi connectivity index (χ0n) is 9.75. The lowest BCUT2D eigenvalue weighted by Gasteiger charge is -2.24. The van der Waals surface area contributed by atoms with Gasteiger partial charge in [-0.05, 0) is 31.5 Å². The van der Waals surface area contributed by atoms with E-state index >= 15 is 0 Å². The van der Waals surface area contributed by atoms with Crippen LogP contribution in [-0.4, -0.2) is 17.0 Å². The third-order valence-corrected chi connectivity index (χ3v) is 3.67. The van der Waals surface area contributed by atoms with Crippen molar-refractivity contribution in [1.82, 2.24) is 9.88 Å². The first-order valence-corrected chi connectivity index (χ1v) is 6.05. The lowest BCUT2D eigenvalue weighted by atomic mass is 10.1. The Hall–Kier alpha value is -1.48. The largest absolute Gasteiger partial charge is 0.349 e. The van der Waals surface area contributed by atoms with Crippen molar-refractivity contribution in [2.45, 2.75) is 19.9 Å². The lowest BCUT2D eigenvalue weighted by Crippen LogP contribution is -2.37. The molecule has 0 bridgehead atoms. The average Bonchev–Trinajstić information content (AvgIpc) is 2.58. The Morgan fingerprint density at radius 2 is 2.24 bits per heavy atom. The molecule has 0 spiro atoms. The van der Waals surface area contributed by atoms with Crippen LogP contribution in [-0.2, 0) is 0 Å². The number of rotatable bonds is 0. The van der Waals surface area contributed by atoms with Crippen LogP contribution in [0.5, 0.6) is 0 Å². The maximum atomic E-state index is 11.9. The number of benzene rings is 1. The summed E-state index contributed by atoms with van der Waals surface area (Å²) in [6, 6.07) is 6.05. The first kappa shape index (κ1) is 10.7. The number of nitrogens with zero attached hydrogens (tertiary/aromatic N) is 1. The van der Waals surface area contributed by atoms with E-state index in [1.807, 2.05) is 25.1 Å². The Bertz CT molecular complexity index is 630. The highest BCUT2D eigenvalue weighted by Crippen LogP contribution is 2.32. The zero-order chi connectivity index (χ0) is 12.2. The molecule has 0 aliphatic carbocycles. The maximum absolute atomic E-state index is 11.9. The van der Waals surface area contributed by atoms with E-state index in [-0.39, 0.29) is 11.9 Å². The predicted octanol–water partition coefficient (Wildman–Crippen LogP) is 2.91. The fourth-order valence-corrected chi connectivity index (χ4v) is 2.77. The first-order chi connectivity index (χ1) is 8.09. The third kappa shape index (κ3) is 1.39. The quantitative estimate of drug-likeness (QED) is 0.764. The minimum absolute atomic E-state index is 0.00734. The molecule has 1 aromatic heterocycles. The molecule has 88 valence electrons. The SMILES string of the molecule is Cc1c2n(c3cc(Cl)ccc13)C(C)CNC2=O. The molecule has 1 unspecified atom stereocenters. The highest BCUT2D eigenvalue weighted by molar-refractivity contribution is 6.31. The molecule has 2 aromatic rings. The van der Waals surface area contributed by atoms with Gasteiger partial charge in [0, 0.05) is 23.0 Å². The van der Waals surface area contributed by atoms with Gasteiger partial charge in [0.2, 0.25) is 0 Å².